The molecule has 2 amide bonds. The van der Waals surface area contributed by atoms with Crippen molar-refractivity contribution in [1.29, 1.82) is 0 Å². The van der Waals surface area contributed by atoms with Gasteiger partial charge in [-0.25, -0.2) is 0 Å². The van der Waals surface area contributed by atoms with Crippen LogP contribution in [0.25, 0.3) is 0 Å². The third-order valence-electron chi connectivity index (χ3n) is 6.26. The van der Waals surface area contributed by atoms with Crippen LogP contribution in [0.1, 0.15) is 38.2 Å². The quantitative estimate of drug-likeness (QED) is 0.676. The SMILES string of the molecule is CC(=O)[C@@H](Cc1ccccc1)NC(=O)CN1CCN(CC(=O)N2CCCCCC2)CC1. The number of hydrogen-bond acceptors (Lipinski definition) is 5. The van der Waals surface area contributed by atoms with Crippen molar-refractivity contribution in [3.8, 4) is 0 Å². The number of ketones is 1. The number of likely N-dealkylation sites (tertiary alicyclic amines) is 1. The van der Waals surface area contributed by atoms with Crippen molar-refractivity contribution in [2.75, 3.05) is 52.4 Å². The number of nitrogens with one attached hydrogen (secondary N) is 1. The molecule has 2 heterocycles. The Bertz CT molecular complexity index is 724. The molecule has 1 atom stereocenters. The van der Waals surface area contributed by atoms with Gasteiger partial charge in [0.15, 0.2) is 5.78 Å². The van der Waals surface area contributed by atoms with Gasteiger partial charge in [-0.1, -0.05) is 43.2 Å². The molecule has 3 rings (SSSR count). The lowest BCUT2D eigenvalue weighted by Gasteiger charge is -2.35. The lowest BCUT2D eigenvalue weighted by atomic mass is 10.0. The summed E-state index contributed by atoms with van der Waals surface area (Å²) in [7, 11) is 0. The summed E-state index contributed by atoms with van der Waals surface area (Å²) < 4.78 is 0. The van der Waals surface area contributed by atoms with Crippen molar-refractivity contribution in [3.05, 3.63) is 35.9 Å². The van der Waals surface area contributed by atoms with Crippen LogP contribution in [0.4, 0.5) is 0 Å². The zero-order valence-corrected chi connectivity index (χ0v) is 18.7. The number of amides is 2. The third kappa shape index (κ3) is 7.74. The molecule has 1 N–H and O–H groups in total. The molecule has 2 fully saturated rings. The van der Waals surface area contributed by atoms with Crippen LogP contribution in [0.5, 0.6) is 0 Å². The van der Waals surface area contributed by atoms with Gasteiger partial charge >= 0.3 is 0 Å². The van der Waals surface area contributed by atoms with Crippen LogP contribution >= 0.6 is 0 Å². The minimum Gasteiger partial charge on any atom is -0.345 e. The number of piperazine rings is 1. The van der Waals surface area contributed by atoms with Crippen LogP contribution in [0.3, 0.4) is 0 Å². The van der Waals surface area contributed by atoms with E-state index in [1.165, 1.54) is 19.8 Å². The monoisotopic (exact) mass is 428 g/mol. The fraction of sp³-hybridized carbons (Fsp3) is 0.625. The molecule has 0 bridgehead atoms. The molecule has 0 aliphatic carbocycles. The molecule has 2 aliphatic rings. The summed E-state index contributed by atoms with van der Waals surface area (Å²) in [4.78, 5) is 43.4. The average Bonchev–Trinajstić information content (AvgIpc) is 3.05. The van der Waals surface area contributed by atoms with Crippen molar-refractivity contribution in [1.82, 2.24) is 20.0 Å². The lowest BCUT2D eigenvalue weighted by Crippen LogP contribution is -2.53. The summed E-state index contributed by atoms with van der Waals surface area (Å²) in [5, 5.41) is 2.90. The number of carbonyl (C=O) groups excluding carboxylic acids is 3. The summed E-state index contributed by atoms with van der Waals surface area (Å²) in [6, 6.07) is 9.24. The second-order valence-corrected chi connectivity index (χ2v) is 8.77. The average molecular weight is 429 g/mol. The summed E-state index contributed by atoms with van der Waals surface area (Å²) in [5.41, 5.74) is 1.03. The first kappa shape index (κ1) is 23.4. The first-order valence-electron chi connectivity index (χ1n) is 11.6. The van der Waals surface area contributed by atoms with Crippen LogP contribution < -0.4 is 5.32 Å². The normalized spacial score (nSPS) is 19.5. The summed E-state index contributed by atoms with van der Waals surface area (Å²) >= 11 is 0. The van der Waals surface area contributed by atoms with E-state index in [4.69, 9.17) is 0 Å². The third-order valence-corrected chi connectivity index (χ3v) is 6.26. The highest BCUT2D eigenvalue weighted by atomic mass is 16.2. The fourth-order valence-electron chi connectivity index (χ4n) is 4.31. The number of benzene rings is 1. The second kappa shape index (κ2) is 12.0. The van der Waals surface area contributed by atoms with Crippen LogP contribution in [0.2, 0.25) is 0 Å². The highest BCUT2D eigenvalue weighted by Crippen LogP contribution is 2.11. The van der Waals surface area contributed by atoms with Gasteiger partial charge in [0.25, 0.3) is 0 Å². The zero-order valence-electron chi connectivity index (χ0n) is 18.7. The molecule has 0 radical (unpaired) electrons. The highest BCUT2D eigenvalue weighted by Gasteiger charge is 2.24. The minimum atomic E-state index is -0.498. The van der Waals surface area contributed by atoms with Crippen molar-refractivity contribution < 1.29 is 14.4 Å². The Balaban J connectivity index is 1.39. The largest absolute Gasteiger partial charge is 0.345 e. The molecule has 170 valence electrons. The molecular weight excluding hydrogens is 392 g/mol. The van der Waals surface area contributed by atoms with Gasteiger partial charge in [-0.15, -0.1) is 0 Å². The smallest absolute Gasteiger partial charge is 0.236 e. The molecule has 7 heteroatoms. The van der Waals surface area contributed by atoms with Gasteiger partial charge in [-0.05, 0) is 31.7 Å². The van der Waals surface area contributed by atoms with E-state index in [1.807, 2.05) is 35.2 Å². The zero-order chi connectivity index (χ0) is 22.1. The number of rotatable bonds is 8. The standard InChI is InChI=1S/C24H36N4O3/c1-20(29)22(17-21-9-5-4-6-10-21)25-23(30)18-26-13-15-27(16-14-26)19-24(31)28-11-7-2-3-8-12-28/h4-6,9-10,22H,2-3,7-8,11-19H2,1H3,(H,25,30)/t22-/m1/s1. The van der Waals surface area contributed by atoms with Crippen LogP contribution in [-0.2, 0) is 20.8 Å². The molecule has 0 spiro atoms. The predicted octanol–water partition coefficient (Wildman–Crippen LogP) is 1.32. The van der Waals surface area contributed by atoms with E-state index in [-0.39, 0.29) is 24.1 Å². The van der Waals surface area contributed by atoms with E-state index in [0.29, 0.717) is 13.0 Å². The first-order valence-corrected chi connectivity index (χ1v) is 11.6. The molecule has 0 aromatic heterocycles. The van der Waals surface area contributed by atoms with Crippen molar-refractivity contribution in [2.24, 2.45) is 0 Å². The molecule has 1 aromatic carbocycles. The Hall–Kier alpha value is -2.25. The molecule has 7 nitrogen and oxygen atoms in total. The van der Waals surface area contributed by atoms with E-state index < -0.39 is 6.04 Å². The second-order valence-electron chi connectivity index (χ2n) is 8.77. The van der Waals surface area contributed by atoms with Crippen molar-refractivity contribution in [3.63, 3.8) is 0 Å². The maximum atomic E-state index is 12.6. The topological polar surface area (TPSA) is 73.0 Å². The maximum absolute atomic E-state index is 12.6. The summed E-state index contributed by atoms with van der Waals surface area (Å²) in [5.74, 6) is 0.0811. The minimum absolute atomic E-state index is 0.0333. The first-order chi connectivity index (χ1) is 15.0. The van der Waals surface area contributed by atoms with Gasteiger partial charge in [-0.2, -0.15) is 0 Å². The van der Waals surface area contributed by atoms with Gasteiger partial charge in [0.05, 0.1) is 19.1 Å². The highest BCUT2D eigenvalue weighted by molar-refractivity contribution is 5.88. The van der Waals surface area contributed by atoms with E-state index in [2.05, 4.69) is 15.1 Å². The number of Topliss-reactive ketones (excluding diaryl/α,β-unsaturated/α-hetero) is 1. The Morgan fingerprint density at radius 1 is 0.839 bits per heavy atom. The van der Waals surface area contributed by atoms with Gasteiger partial charge in [0, 0.05) is 39.3 Å². The Morgan fingerprint density at radius 3 is 2.00 bits per heavy atom. The molecule has 2 saturated heterocycles. The Morgan fingerprint density at radius 2 is 1.42 bits per heavy atom. The summed E-state index contributed by atoms with van der Waals surface area (Å²) in [6.07, 6.45) is 5.18. The van der Waals surface area contributed by atoms with Gasteiger partial charge in [-0.3, -0.25) is 24.2 Å². The predicted molar refractivity (Wildman–Crippen MR) is 121 cm³/mol. The Kier molecular flexibility index (Phi) is 9.03. The number of carbonyl (C=O) groups is 3. The van der Waals surface area contributed by atoms with Crippen molar-refractivity contribution >= 4 is 17.6 Å². The van der Waals surface area contributed by atoms with Crippen molar-refractivity contribution in [2.45, 2.75) is 45.1 Å². The van der Waals surface area contributed by atoms with Crippen LogP contribution in [0.15, 0.2) is 30.3 Å². The molecule has 31 heavy (non-hydrogen) atoms. The van der Waals surface area contributed by atoms with Crippen LogP contribution in [0, 0.1) is 0 Å². The number of nitrogens with zero attached hydrogens (tertiary/aromatic N) is 3. The molecule has 2 aliphatic heterocycles. The van der Waals surface area contributed by atoms with Gasteiger partial charge < -0.3 is 10.2 Å². The van der Waals surface area contributed by atoms with E-state index in [0.717, 1.165) is 57.7 Å². The van der Waals surface area contributed by atoms with E-state index in [9.17, 15) is 14.4 Å². The molecule has 0 unspecified atom stereocenters. The molecule has 0 saturated carbocycles. The fourth-order valence-corrected chi connectivity index (χ4v) is 4.31. The molecular formula is C24H36N4O3. The Labute approximate surface area is 185 Å². The maximum Gasteiger partial charge on any atom is 0.236 e. The van der Waals surface area contributed by atoms with Gasteiger partial charge in [0.1, 0.15) is 0 Å². The van der Waals surface area contributed by atoms with E-state index >= 15 is 0 Å². The number of hydrogen-bond donors (Lipinski definition) is 1. The summed E-state index contributed by atoms with van der Waals surface area (Å²) in [6.45, 7) is 7.14. The lowest BCUT2D eigenvalue weighted by molar-refractivity contribution is -0.133. The van der Waals surface area contributed by atoms with Crippen LogP contribution in [-0.4, -0.2) is 90.7 Å². The molecule has 1 aromatic rings. The van der Waals surface area contributed by atoms with E-state index in [1.54, 1.807) is 0 Å². The van der Waals surface area contributed by atoms with Gasteiger partial charge in [0.2, 0.25) is 11.8 Å².